The van der Waals surface area contributed by atoms with Crippen molar-refractivity contribution in [3.63, 3.8) is 0 Å². The second kappa shape index (κ2) is 7.07. The molecule has 0 aliphatic rings. The molecule has 1 aromatic rings. The Labute approximate surface area is 110 Å². The Balaban J connectivity index is 2.60. The van der Waals surface area contributed by atoms with Gasteiger partial charge in [0.1, 0.15) is 0 Å². The minimum atomic E-state index is 0.775. The summed E-state index contributed by atoms with van der Waals surface area (Å²) in [5.41, 5.74) is 2.44. The third-order valence-corrected chi connectivity index (χ3v) is 2.77. The van der Waals surface area contributed by atoms with Crippen LogP contribution < -0.4 is 9.47 Å². The summed E-state index contributed by atoms with van der Waals surface area (Å²) in [6.07, 6.45) is 0.990. The fourth-order valence-electron chi connectivity index (χ4n) is 1.90. The number of benzene rings is 1. The number of rotatable bonds is 7. The van der Waals surface area contributed by atoms with E-state index in [4.69, 9.17) is 9.47 Å². The molecule has 18 heavy (non-hydrogen) atoms. The first-order chi connectivity index (χ1) is 8.56. The molecule has 0 bridgehead atoms. The monoisotopic (exact) mass is 249 g/mol. The van der Waals surface area contributed by atoms with Gasteiger partial charge in [-0.25, -0.2) is 0 Å². The molecule has 0 amide bonds. The van der Waals surface area contributed by atoms with Crippen molar-refractivity contribution in [1.82, 2.24) is 4.90 Å². The maximum absolute atomic E-state index is 5.30. The second-order valence-corrected chi connectivity index (χ2v) is 4.63. The van der Waals surface area contributed by atoms with Crippen LogP contribution in [0.2, 0.25) is 0 Å². The molecule has 3 nitrogen and oxygen atoms in total. The lowest BCUT2D eigenvalue weighted by molar-refractivity contribution is 0.352. The molecule has 0 atom stereocenters. The molecular formula is C15H23NO2. The van der Waals surface area contributed by atoms with Crippen molar-refractivity contribution in [2.24, 2.45) is 0 Å². The molecule has 1 rings (SSSR count). The lowest BCUT2D eigenvalue weighted by Gasteiger charge is -2.17. The molecule has 0 spiro atoms. The van der Waals surface area contributed by atoms with E-state index >= 15 is 0 Å². The lowest BCUT2D eigenvalue weighted by atomic mass is 10.1. The van der Waals surface area contributed by atoms with Crippen molar-refractivity contribution in [2.75, 3.05) is 34.4 Å². The van der Waals surface area contributed by atoms with Crippen LogP contribution in [0.5, 0.6) is 11.5 Å². The highest BCUT2D eigenvalue weighted by molar-refractivity contribution is 5.42. The number of hydrogen-bond acceptors (Lipinski definition) is 3. The van der Waals surface area contributed by atoms with Crippen LogP contribution in [0.4, 0.5) is 0 Å². The van der Waals surface area contributed by atoms with Gasteiger partial charge in [0.05, 0.1) is 14.2 Å². The minimum absolute atomic E-state index is 0.775. The zero-order valence-electron chi connectivity index (χ0n) is 11.8. The second-order valence-electron chi connectivity index (χ2n) is 4.63. The molecule has 0 heterocycles. The van der Waals surface area contributed by atoms with Gasteiger partial charge in [-0.05, 0) is 38.1 Å². The first-order valence-electron chi connectivity index (χ1n) is 6.10. The Hall–Kier alpha value is -1.48. The van der Waals surface area contributed by atoms with E-state index in [1.807, 2.05) is 19.1 Å². The van der Waals surface area contributed by atoms with Crippen molar-refractivity contribution < 1.29 is 9.47 Å². The van der Waals surface area contributed by atoms with Gasteiger partial charge in [-0.1, -0.05) is 18.2 Å². The fourth-order valence-corrected chi connectivity index (χ4v) is 1.90. The lowest BCUT2D eigenvalue weighted by Crippen LogP contribution is -2.22. The average molecular weight is 249 g/mol. The number of hydrogen-bond donors (Lipinski definition) is 0. The van der Waals surface area contributed by atoms with Crippen LogP contribution in [0.1, 0.15) is 12.5 Å². The first-order valence-corrected chi connectivity index (χ1v) is 6.10. The van der Waals surface area contributed by atoms with Crippen LogP contribution in [0.25, 0.3) is 0 Å². The topological polar surface area (TPSA) is 21.7 Å². The predicted octanol–water partition coefficient (Wildman–Crippen LogP) is 2.75. The predicted molar refractivity (Wildman–Crippen MR) is 75.6 cm³/mol. The molecule has 1 aromatic carbocycles. The van der Waals surface area contributed by atoms with Crippen molar-refractivity contribution >= 4 is 0 Å². The van der Waals surface area contributed by atoms with Gasteiger partial charge in [-0.3, -0.25) is 0 Å². The summed E-state index contributed by atoms with van der Waals surface area (Å²) in [4.78, 5) is 2.26. The van der Waals surface area contributed by atoms with E-state index < -0.39 is 0 Å². The van der Waals surface area contributed by atoms with Crippen LogP contribution in [0.15, 0.2) is 30.4 Å². The van der Waals surface area contributed by atoms with Gasteiger partial charge in [0, 0.05) is 13.1 Å². The first kappa shape index (κ1) is 14.6. The van der Waals surface area contributed by atoms with E-state index in [0.29, 0.717) is 0 Å². The zero-order chi connectivity index (χ0) is 13.5. The summed E-state index contributed by atoms with van der Waals surface area (Å²) in [5, 5.41) is 0. The van der Waals surface area contributed by atoms with Gasteiger partial charge in [-0.15, -0.1) is 0 Å². The molecule has 0 fully saturated rings. The largest absolute Gasteiger partial charge is 0.493 e. The third-order valence-electron chi connectivity index (χ3n) is 2.77. The average Bonchev–Trinajstić information content (AvgIpc) is 2.35. The highest BCUT2D eigenvalue weighted by Crippen LogP contribution is 2.27. The van der Waals surface area contributed by atoms with Crippen molar-refractivity contribution in [2.45, 2.75) is 13.3 Å². The highest BCUT2D eigenvalue weighted by Gasteiger charge is 2.05. The van der Waals surface area contributed by atoms with E-state index in [1.54, 1.807) is 14.2 Å². The van der Waals surface area contributed by atoms with Gasteiger partial charge < -0.3 is 14.4 Å². The van der Waals surface area contributed by atoms with Crippen molar-refractivity contribution in [3.8, 4) is 11.5 Å². The molecule has 0 radical (unpaired) electrons. The molecule has 0 aliphatic heterocycles. The molecule has 0 N–H and O–H groups in total. The summed E-state index contributed by atoms with van der Waals surface area (Å²) in [6.45, 7) is 7.91. The van der Waals surface area contributed by atoms with Gasteiger partial charge in [-0.2, -0.15) is 0 Å². The van der Waals surface area contributed by atoms with Gasteiger partial charge >= 0.3 is 0 Å². The van der Waals surface area contributed by atoms with E-state index in [0.717, 1.165) is 31.0 Å². The van der Waals surface area contributed by atoms with Crippen LogP contribution in [0, 0.1) is 0 Å². The number of likely N-dealkylation sites (N-methyl/N-ethyl adjacent to an activating group) is 1. The smallest absolute Gasteiger partial charge is 0.160 e. The Morgan fingerprint density at radius 3 is 2.44 bits per heavy atom. The fraction of sp³-hybridized carbons (Fsp3) is 0.467. The summed E-state index contributed by atoms with van der Waals surface area (Å²) < 4.78 is 10.5. The quantitative estimate of drug-likeness (QED) is 0.694. The van der Waals surface area contributed by atoms with Crippen LogP contribution in [0.3, 0.4) is 0 Å². The van der Waals surface area contributed by atoms with E-state index in [-0.39, 0.29) is 0 Å². The summed E-state index contributed by atoms with van der Waals surface area (Å²) in [6, 6.07) is 6.07. The molecule has 0 unspecified atom stereocenters. The normalized spacial score (nSPS) is 10.5. The number of ether oxygens (including phenoxy) is 2. The molecule has 0 aliphatic carbocycles. The minimum Gasteiger partial charge on any atom is -0.493 e. The Kier molecular flexibility index (Phi) is 5.72. The van der Waals surface area contributed by atoms with E-state index in [2.05, 4.69) is 24.6 Å². The maximum atomic E-state index is 5.30. The molecule has 0 aromatic heterocycles. The van der Waals surface area contributed by atoms with Crippen LogP contribution >= 0.6 is 0 Å². The highest BCUT2D eigenvalue weighted by atomic mass is 16.5. The van der Waals surface area contributed by atoms with E-state index in [1.165, 1.54) is 11.1 Å². The number of nitrogens with zero attached hydrogens (tertiary/aromatic N) is 1. The van der Waals surface area contributed by atoms with Crippen LogP contribution in [-0.2, 0) is 6.42 Å². The maximum Gasteiger partial charge on any atom is 0.160 e. The Bertz CT molecular complexity index is 401. The SMILES string of the molecule is C=C(C)CN(C)CCc1ccc(OC)c(OC)c1. The number of methoxy groups -OCH3 is 2. The summed E-state index contributed by atoms with van der Waals surface area (Å²) in [5.74, 6) is 1.56. The molecule has 3 heteroatoms. The molecule has 0 saturated carbocycles. The Morgan fingerprint density at radius 2 is 1.89 bits per heavy atom. The standard InChI is InChI=1S/C15H23NO2/c1-12(2)11-16(3)9-8-13-6-7-14(17-4)15(10-13)18-5/h6-7,10H,1,8-9,11H2,2-5H3. The zero-order valence-corrected chi connectivity index (χ0v) is 11.8. The van der Waals surface area contributed by atoms with Gasteiger partial charge in [0.15, 0.2) is 11.5 Å². The van der Waals surface area contributed by atoms with Gasteiger partial charge in [0.25, 0.3) is 0 Å². The third kappa shape index (κ3) is 4.41. The molecule has 0 saturated heterocycles. The van der Waals surface area contributed by atoms with Gasteiger partial charge in [0.2, 0.25) is 0 Å². The molecule has 100 valence electrons. The van der Waals surface area contributed by atoms with E-state index in [9.17, 15) is 0 Å². The summed E-state index contributed by atoms with van der Waals surface area (Å²) in [7, 11) is 5.42. The summed E-state index contributed by atoms with van der Waals surface area (Å²) >= 11 is 0. The molecular weight excluding hydrogens is 226 g/mol. The van der Waals surface area contributed by atoms with Crippen molar-refractivity contribution in [1.29, 1.82) is 0 Å². The van der Waals surface area contributed by atoms with Crippen LogP contribution in [-0.4, -0.2) is 39.3 Å². The van der Waals surface area contributed by atoms with Crippen molar-refractivity contribution in [3.05, 3.63) is 35.9 Å². The Morgan fingerprint density at radius 1 is 1.22 bits per heavy atom.